The molecule has 17 heavy (non-hydrogen) atoms. The third-order valence-electron chi connectivity index (χ3n) is 4.20. The molecule has 0 saturated carbocycles. The maximum Gasteiger partial charge on any atom is 0.116 e. The lowest BCUT2D eigenvalue weighted by Crippen LogP contribution is -2.38. The molecule has 1 fully saturated rings. The van der Waals surface area contributed by atoms with Gasteiger partial charge in [0.1, 0.15) is 11.5 Å². The first-order valence-corrected chi connectivity index (χ1v) is 6.03. The molecule has 2 unspecified atom stereocenters. The van der Waals surface area contributed by atoms with Gasteiger partial charge in [-0.25, -0.2) is 0 Å². The van der Waals surface area contributed by atoms with Gasteiger partial charge >= 0.3 is 0 Å². The van der Waals surface area contributed by atoms with E-state index in [0.717, 1.165) is 17.9 Å². The zero-order valence-electron chi connectivity index (χ0n) is 9.47. The molecular weight excluding hydrogens is 208 g/mol. The van der Waals surface area contributed by atoms with E-state index in [9.17, 15) is 0 Å². The van der Waals surface area contributed by atoms with Crippen molar-refractivity contribution >= 4 is 0 Å². The van der Waals surface area contributed by atoms with Crippen molar-refractivity contribution in [2.24, 2.45) is 10.8 Å². The van der Waals surface area contributed by atoms with Crippen molar-refractivity contribution in [3.05, 3.63) is 78.7 Å². The van der Waals surface area contributed by atoms with Crippen molar-refractivity contribution in [3.63, 3.8) is 0 Å². The quantitative estimate of drug-likeness (QED) is 0.607. The first kappa shape index (κ1) is 9.29. The van der Waals surface area contributed by atoms with Crippen molar-refractivity contribution in [3.8, 4) is 0 Å². The highest BCUT2D eigenvalue weighted by Gasteiger charge is 2.60. The van der Waals surface area contributed by atoms with Gasteiger partial charge in [-0.15, -0.1) is 0 Å². The third-order valence-corrected chi connectivity index (χ3v) is 4.20. The molecule has 0 aromatic carbocycles. The van der Waals surface area contributed by atoms with E-state index in [-0.39, 0.29) is 10.8 Å². The molecule has 3 aliphatic carbocycles. The standard InChI is InChI=1S/C16H13O/c1-3-9-15-11-5-6-12-16(15)10-4-2-8-14(16)17-13(15)7-1/h1-9,11-12H,10H2. The first-order valence-electron chi connectivity index (χ1n) is 6.03. The Kier molecular flexibility index (Phi) is 1.60. The van der Waals surface area contributed by atoms with E-state index in [1.54, 1.807) is 0 Å². The van der Waals surface area contributed by atoms with Crippen LogP contribution in [0.25, 0.3) is 0 Å². The molecule has 2 atom stereocenters. The van der Waals surface area contributed by atoms with Crippen LogP contribution in [0, 0.1) is 17.3 Å². The molecular formula is C16H13O. The molecule has 0 amide bonds. The molecule has 1 saturated heterocycles. The van der Waals surface area contributed by atoms with Crippen LogP contribution in [-0.4, -0.2) is 0 Å². The summed E-state index contributed by atoms with van der Waals surface area (Å²) in [5.41, 5.74) is -0.139. The second-order valence-electron chi connectivity index (χ2n) is 4.91. The average molecular weight is 221 g/mol. The second-order valence-corrected chi connectivity index (χ2v) is 4.91. The lowest BCUT2D eigenvalue weighted by atomic mass is 9.56. The van der Waals surface area contributed by atoms with Gasteiger partial charge in [-0.2, -0.15) is 0 Å². The molecule has 0 aromatic heterocycles. The van der Waals surface area contributed by atoms with Crippen LogP contribution >= 0.6 is 0 Å². The monoisotopic (exact) mass is 221 g/mol. The van der Waals surface area contributed by atoms with Gasteiger partial charge in [0.25, 0.3) is 0 Å². The van der Waals surface area contributed by atoms with E-state index in [1.807, 2.05) is 6.08 Å². The van der Waals surface area contributed by atoms with E-state index >= 15 is 0 Å². The van der Waals surface area contributed by atoms with Crippen molar-refractivity contribution in [1.29, 1.82) is 0 Å². The molecule has 83 valence electrons. The fraction of sp³-hybridized carbons (Fsp3) is 0.188. The highest BCUT2D eigenvalue weighted by atomic mass is 16.5. The van der Waals surface area contributed by atoms with Gasteiger partial charge in [0, 0.05) is 6.42 Å². The third kappa shape index (κ3) is 0.917. The molecule has 0 aromatic rings. The van der Waals surface area contributed by atoms with E-state index < -0.39 is 0 Å². The summed E-state index contributed by atoms with van der Waals surface area (Å²) in [5.74, 6) is 2.13. The summed E-state index contributed by atoms with van der Waals surface area (Å²) in [7, 11) is 0. The maximum absolute atomic E-state index is 6.08. The fourth-order valence-electron chi connectivity index (χ4n) is 3.33. The highest BCUT2D eigenvalue weighted by Crippen LogP contribution is 2.65. The Balaban J connectivity index is 2.00. The molecule has 1 aliphatic heterocycles. The summed E-state index contributed by atoms with van der Waals surface area (Å²) in [5, 5.41) is 0. The highest BCUT2D eigenvalue weighted by molar-refractivity contribution is 5.53. The number of hydrogen-bond donors (Lipinski definition) is 0. The lowest BCUT2D eigenvalue weighted by molar-refractivity contribution is 0.295. The molecule has 1 heterocycles. The van der Waals surface area contributed by atoms with Gasteiger partial charge < -0.3 is 4.74 Å². The minimum atomic E-state index is -0.104. The van der Waals surface area contributed by atoms with Crippen LogP contribution in [0.5, 0.6) is 0 Å². The van der Waals surface area contributed by atoms with Crippen molar-refractivity contribution in [1.82, 2.24) is 0 Å². The normalized spacial score (nSPS) is 40.0. The molecule has 2 spiro atoms. The number of rotatable bonds is 0. The van der Waals surface area contributed by atoms with Crippen LogP contribution in [0.3, 0.4) is 0 Å². The Morgan fingerprint density at radius 3 is 2.76 bits per heavy atom. The Labute approximate surface area is 101 Å². The Hall–Kier alpha value is -1.76. The smallest absolute Gasteiger partial charge is 0.116 e. The zero-order chi connectivity index (χ0) is 11.3. The summed E-state index contributed by atoms with van der Waals surface area (Å²) < 4.78 is 6.08. The average Bonchev–Trinajstić information content (AvgIpc) is 2.69. The van der Waals surface area contributed by atoms with Crippen molar-refractivity contribution < 1.29 is 4.74 Å². The van der Waals surface area contributed by atoms with Gasteiger partial charge in [-0.05, 0) is 18.6 Å². The summed E-state index contributed by atoms with van der Waals surface area (Å²) in [6.45, 7) is 0. The van der Waals surface area contributed by atoms with Gasteiger partial charge in [0.05, 0.1) is 10.8 Å². The zero-order valence-corrected chi connectivity index (χ0v) is 9.47. The molecule has 1 nitrogen and oxygen atoms in total. The molecule has 0 N–H and O–H groups in total. The summed E-state index contributed by atoms with van der Waals surface area (Å²) in [6.07, 6.45) is 24.8. The second kappa shape index (κ2) is 2.92. The van der Waals surface area contributed by atoms with Crippen molar-refractivity contribution in [2.45, 2.75) is 6.42 Å². The predicted octanol–water partition coefficient (Wildman–Crippen LogP) is 3.62. The van der Waals surface area contributed by atoms with Crippen LogP contribution in [0.4, 0.5) is 0 Å². The minimum absolute atomic E-state index is 0.0346. The topological polar surface area (TPSA) is 9.23 Å². The van der Waals surface area contributed by atoms with E-state index in [2.05, 4.69) is 61.1 Å². The largest absolute Gasteiger partial charge is 0.464 e. The lowest BCUT2D eigenvalue weighted by Gasteiger charge is -2.42. The van der Waals surface area contributed by atoms with Crippen molar-refractivity contribution in [2.75, 3.05) is 0 Å². The molecule has 4 rings (SSSR count). The SMILES string of the molecule is [CH]1C=CC=C2OC3=CC=CCC34C=CC=CC124. The van der Waals surface area contributed by atoms with Crippen LogP contribution < -0.4 is 0 Å². The Bertz CT molecular complexity index is 506. The van der Waals surface area contributed by atoms with Crippen LogP contribution in [0.1, 0.15) is 6.42 Å². The predicted molar refractivity (Wildman–Crippen MR) is 67.6 cm³/mol. The number of allylic oxidation sites excluding steroid dienone is 10. The maximum atomic E-state index is 6.08. The fourth-order valence-corrected chi connectivity index (χ4v) is 3.33. The molecule has 1 radical (unpaired) electrons. The van der Waals surface area contributed by atoms with E-state index in [4.69, 9.17) is 4.74 Å². The van der Waals surface area contributed by atoms with Gasteiger partial charge in [0.15, 0.2) is 0 Å². The summed E-state index contributed by atoms with van der Waals surface area (Å²) >= 11 is 0. The van der Waals surface area contributed by atoms with Gasteiger partial charge in [-0.3, -0.25) is 0 Å². The summed E-state index contributed by atoms with van der Waals surface area (Å²) in [4.78, 5) is 0. The van der Waals surface area contributed by atoms with Gasteiger partial charge in [-0.1, -0.05) is 48.6 Å². The summed E-state index contributed by atoms with van der Waals surface area (Å²) in [6, 6.07) is 0. The Morgan fingerprint density at radius 2 is 1.76 bits per heavy atom. The van der Waals surface area contributed by atoms with Crippen LogP contribution in [-0.2, 0) is 4.74 Å². The van der Waals surface area contributed by atoms with E-state index in [0.29, 0.717) is 0 Å². The molecule has 4 aliphatic rings. The van der Waals surface area contributed by atoms with E-state index in [1.165, 1.54) is 0 Å². The molecule has 1 heteroatoms. The number of hydrogen-bond acceptors (Lipinski definition) is 1. The first-order chi connectivity index (χ1) is 8.37. The molecule has 0 bridgehead atoms. The number of ether oxygens (including phenoxy) is 1. The Morgan fingerprint density at radius 1 is 0.882 bits per heavy atom. The van der Waals surface area contributed by atoms with Gasteiger partial charge in [0.2, 0.25) is 0 Å². The van der Waals surface area contributed by atoms with Crippen LogP contribution in [0.15, 0.2) is 72.3 Å². The minimum Gasteiger partial charge on any atom is -0.464 e. The van der Waals surface area contributed by atoms with Crippen LogP contribution in [0.2, 0.25) is 0 Å².